The lowest BCUT2D eigenvalue weighted by molar-refractivity contribution is 0.492. The van der Waals surface area contributed by atoms with E-state index < -0.39 is 5.54 Å². The number of aryl methyl sites for hydroxylation is 1. The van der Waals surface area contributed by atoms with Crippen LogP contribution in [0.15, 0.2) is 47.2 Å². The molecule has 28 heavy (non-hydrogen) atoms. The number of hydrogen-bond donors (Lipinski definition) is 2. The van der Waals surface area contributed by atoms with E-state index in [2.05, 4.69) is 70.2 Å². The Morgan fingerprint density at radius 1 is 1.14 bits per heavy atom. The Balaban J connectivity index is 1.64. The molecule has 0 saturated heterocycles. The van der Waals surface area contributed by atoms with Gasteiger partial charge in [0.15, 0.2) is 5.82 Å². The molecule has 0 aliphatic carbocycles. The maximum Gasteiger partial charge on any atom is 0.174 e. The highest BCUT2D eigenvalue weighted by Crippen LogP contribution is 2.37. The van der Waals surface area contributed by atoms with E-state index in [1.807, 2.05) is 11.4 Å². The van der Waals surface area contributed by atoms with Gasteiger partial charge in [0.2, 0.25) is 0 Å². The van der Waals surface area contributed by atoms with Crippen LogP contribution < -0.4 is 5.73 Å². The quantitative estimate of drug-likeness (QED) is 0.473. The molecule has 0 amide bonds. The molecule has 0 radical (unpaired) electrons. The molecule has 6 nitrogen and oxygen atoms in total. The third-order valence-electron chi connectivity index (χ3n) is 4.85. The van der Waals surface area contributed by atoms with Crippen molar-refractivity contribution in [3.05, 3.63) is 68.4 Å². The molecule has 144 valence electrons. The molecule has 0 aliphatic heterocycles. The molecule has 0 saturated carbocycles. The molecule has 3 aromatic heterocycles. The summed E-state index contributed by atoms with van der Waals surface area (Å²) in [6.45, 7) is 4.40. The monoisotopic (exact) mass is 410 g/mol. The summed E-state index contributed by atoms with van der Waals surface area (Å²) in [5.74, 6) is 1.17. The molecule has 1 atom stereocenters. The molecular weight excluding hydrogens is 388 g/mol. The summed E-state index contributed by atoms with van der Waals surface area (Å²) in [5.41, 5.74) is 9.65. The number of thiophene rings is 1. The van der Waals surface area contributed by atoms with Crippen LogP contribution in [-0.4, -0.2) is 25.6 Å². The Bertz CT molecular complexity index is 1010. The molecule has 1 aromatic carbocycles. The average molecular weight is 411 g/mol. The minimum Gasteiger partial charge on any atom is -0.315 e. The second-order valence-electron chi connectivity index (χ2n) is 7.09. The second kappa shape index (κ2) is 7.90. The van der Waals surface area contributed by atoms with Crippen LogP contribution in [0.2, 0.25) is 0 Å². The lowest BCUT2D eigenvalue weighted by Gasteiger charge is -2.25. The van der Waals surface area contributed by atoms with E-state index in [1.54, 1.807) is 22.7 Å². The number of H-pyrrole nitrogens is 1. The molecule has 0 bridgehead atoms. The minimum atomic E-state index is -0.671. The van der Waals surface area contributed by atoms with Gasteiger partial charge in [-0.3, -0.25) is 0 Å². The van der Waals surface area contributed by atoms with Crippen molar-refractivity contribution in [2.24, 2.45) is 5.73 Å². The Kier molecular flexibility index (Phi) is 5.34. The number of aromatic amines is 1. The van der Waals surface area contributed by atoms with Gasteiger partial charge in [-0.1, -0.05) is 49.4 Å². The summed E-state index contributed by atoms with van der Waals surface area (Å²) in [5, 5.41) is 19.3. The fraction of sp³-hybridized carbons (Fsp3) is 0.300. The van der Waals surface area contributed by atoms with Gasteiger partial charge in [0.25, 0.3) is 0 Å². The molecule has 1 unspecified atom stereocenters. The summed E-state index contributed by atoms with van der Waals surface area (Å²) in [6, 6.07) is 12.7. The van der Waals surface area contributed by atoms with Gasteiger partial charge in [-0.25, -0.2) is 4.98 Å². The van der Waals surface area contributed by atoms with Gasteiger partial charge in [-0.05, 0) is 29.3 Å². The van der Waals surface area contributed by atoms with Gasteiger partial charge >= 0.3 is 0 Å². The highest BCUT2D eigenvalue weighted by molar-refractivity contribution is 7.11. The topological polar surface area (TPSA) is 93.4 Å². The van der Waals surface area contributed by atoms with Crippen molar-refractivity contribution in [1.82, 2.24) is 25.6 Å². The summed E-state index contributed by atoms with van der Waals surface area (Å²) >= 11 is 3.25. The molecule has 8 heteroatoms. The summed E-state index contributed by atoms with van der Waals surface area (Å²) in [6.07, 6.45) is 1.29. The molecule has 0 aliphatic rings. The molecular formula is C20H22N6S2. The Morgan fingerprint density at radius 2 is 1.96 bits per heavy atom. The van der Waals surface area contributed by atoms with Crippen LogP contribution >= 0.6 is 22.7 Å². The van der Waals surface area contributed by atoms with Crippen molar-refractivity contribution in [2.45, 2.75) is 38.1 Å². The highest BCUT2D eigenvalue weighted by atomic mass is 32.1. The van der Waals surface area contributed by atoms with Gasteiger partial charge in [0.05, 0.1) is 5.69 Å². The number of nitrogens with two attached hydrogens (primary N) is 1. The highest BCUT2D eigenvalue weighted by Gasteiger charge is 2.34. The zero-order valence-corrected chi connectivity index (χ0v) is 17.4. The number of nitrogens with one attached hydrogen (secondary N) is 1. The van der Waals surface area contributed by atoms with Gasteiger partial charge in [0.1, 0.15) is 10.5 Å². The fourth-order valence-electron chi connectivity index (χ4n) is 3.12. The molecule has 3 heterocycles. The van der Waals surface area contributed by atoms with Crippen LogP contribution in [0.25, 0.3) is 11.3 Å². The van der Waals surface area contributed by atoms with E-state index >= 15 is 0 Å². The lowest BCUT2D eigenvalue weighted by Crippen LogP contribution is -2.37. The molecule has 0 fully saturated rings. The first-order valence-corrected chi connectivity index (χ1v) is 10.9. The normalized spacial score (nSPS) is 13.7. The van der Waals surface area contributed by atoms with Crippen LogP contribution in [0.3, 0.4) is 0 Å². The Labute approximate surface area is 171 Å². The largest absolute Gasteiger partial charge is 0.315 e. The van der Waals surface area contributed by atoms with Gasteiger partial charge in [-0.2, -0.15) is 5.21 Å². The number of tetrazole rings is 1. The Hall–Kier alpha value is -2.42. The van der Waals surface area contributed by atoms with E-state index in [0.717, 1.165) is 21.1 Å². The number of thiazole rings is 1. The van der Waals surface area contributed by atoms with E-state index in [1.165, 1.54) is 5.56 Å². The first kappa shape index (κ1) is 18.9. The predicted octanol–water partition coefficient (Wildman–Crippen LogP) is 4.34. The molecule has 4 aromatic rings. The SMILES string of the molecule is CC(C)c1ccc(-c2csc(C(N)(CCc3nn[nH]n3)c3cccs3)n2)cc1. The maximum absolute atomic E-state index is 6.93. The van der Waals surface area contributed by atoms with Crippen molar-refractivity contribution in [3.8, 4) is 11.3 Å². The maximum atomic E-state index is 6.93. The van der Waals surface area contributed by atoms with Crippen LogP contribution in [0.4, 0.5) is 0 Å². The fourth-order valence-corrected chi connectivity index (χ4v) is 5.04. The first-order valence-electron chi connectivity index (χ1n) is 9.18. The predicted molar refractivity (Wildman–Crippen MR) is 113 cm³/mol. The van der Waals surface area contributed by atoms with E-state index in [0.29, 0.717) is 24.6 Å². The van der Waals surface area contributed by atoms with Crippen molar-refractivity contribution < 1.29 is 0 Å². The zero-order valence-electron chi connectivity index (χ0n) is 15.8. The smallest absolute Gasteiger partial charge is 0.174 e. The van der Waals surface area contributed by atoms with E-state index in [4.69, 9.17) is 10.7 Å². The van der Waals surface area contributed by atoms with Crippen LogP contribution in [0, 0.1) is 0 Å². The number of aromatic nitrogens is 5. The number of nitrogens with zero attached hydrogens (tertiary/aromatic N) is 4. The summed E-state index contributed by atoms with van der Waals surface area (Å²) < 4.78 is 0. The van der Waals surface area contributed by atoms with Crippen molar-refractivity contribution in [3.63, 3.8) is 0 Å². The van der Waals surface area contributed by atoms with Crippen LogP contribution in [0.5, 0.6) is 0 Å². The van der Waals surface area contributed by atoms with Gasteiger partial charge in [0, 0.05) is 22.2 Å². The van der Waals surface area contributed by atoms with Crippen LogP contribution in [-0.2, 0) is 12.0 Å². The second-order valence-corrected chi connectivity index (χ2v) is 8.90. The van der Waals surface area contributed by atoms with Crippen molar-refractivity contribution in [1.29, 1.82) is 0 Å². The van der Waals surface area contributed by atoms with Crippen molar-refractivity contribution >= 4 is 22.7 Å². The number of hydrogen-bond acceptors (Lipinski definition) is 7. The molecule has 4 rings (SSSR count). The average Bonchev–Trinajstić information content (AvgIpc) is 3.49. The first-order chi connectivity index (χ1) is 13.6. The zero-order chi connectivity index (χ0) is 19.6. The number of rotatable bonds is 7. The van der Waals surface area contributed by atoms with Gasteiger partial charge in [-0.15, -0.1) is 32.9 Å². The molecule has 0 spiro atoms. The summed E-state index contributed by atoms with van der Waals surface area (Å²) in [7, 11) is 0. The van der Waals surface area contributed by atoms with Gasteiger partial charge < -0.3 is 5.73 Å². The third-order valence-corrected chi connectivity index (χ3v) is 6.92. The lowest BCUT2D eigenvalue weighted by atomic mass is 9.93. The number of benzene rings is 1. The Morgan fingerprint density at radius 3 is 2.61 bits per heavy atom. The minimum absolute atomic E-state index is 0.515. The third kappa shape index (κ3) is 3.76. The van der Waals surface area contributed by atoms with Crippen LogP contribution in [0.1, 0.15) is 47.5 Å². The van der Waals surface area contributed by atoms with Crippen molar-refractivity contribution in [2.75, 3.05) is 0 Å². The van der Waals surface area contributed by atoms with E-state index in [9.17, 15) is 0 Å². The summed E-state index contributed by atoms with van der Waals surface area (Å²) in [4.78, 5) is 6.01. The van der Waals surface area contributed by atoms with E-state index in [-0.39, 0.29) is 0 Å². The molecule has 3 N–H and O–H groups in total. The standard InChI is InChI=1S/C20H22N6S2/c1-13(2)14-5-7-15(8-6-14)16-12-28-19(22-16)20(21,17-4-3-11-27-17)10-9-18-23-25-26-24-18/h3-8,11-13H,9-10,21H2,1-2H3,(H,23,24,25,26).